The number of hydrogen-bond acceptors (Lipinski definition) is 3. The number of amides is 2. The second kappa shape index (κ2) is 8.67. The van der Waals surface area contributed by atoms with Gasteiger partial charge in [-0.2, -0.15) is 0 Å². The van der Waals surface area contributed by atoms with Gasteiger partial charge in [0.2, 0.25) is 11.8 Å². The van der Waals surface area contributed by atoms with E-state index in [4.69, 9.17) is 0 Å². The number of piperidine rings is 2. The van der Waals surface area contributed by atoms with Crippen LogP contribution in [0, 0.1) is 0 Å². The van der Waals surface area contributed by atoms with Crippen LogP contribution >= 0.6 is 0 Å². The number of nitrogens with zero attached hydrogens (tertiary/aromatic N) is 2. The van der Waals surface area contributed by atoms with Gasteiger partial charge in [0.25, 0.3) is 0 Å². The van der Waals surface area contributed by atoms with E-state index in [-0.39, 0.29) is 17.7 Å². The van der Waals surface area contributed by atoms with Crippen molar-refractivity contribution in [1.82, 2.24) is 15.1 Å². The Kier molecular flexibility index (Phi) is 6.30. The summed E-state index contributed by atoms with van der Waals surface area (Å²) in [6, 6.07) is 11.0. The summed E-state index contributed by atoms with van der Waals surface area (Å²) >= 11 is 0. The van der Waals surface area contributed by atoms with Crippen LogP contribution in [0.5, 0.6) is 0 Å². The summed E-state index contributed by atoms with van der Waals surface area (Å²) in [6.07, 6.45) is 4.09. The van der Waals surface area contributed by atoms with Gasteiger partial charge in [-0.15, -0.1) is 0 Å². The molecule has 142 valence electrons. The van der Waals surface area contributed by atoms with Crippen molar-refractivity contribution in [2.75, 3.05) is 26.2 Å². The zero-order valence-electron chi connectivity index (χ0n) is 16.0. The van der Waals surface area contributed by atoms with Crippen molar-refractivity contribution < 1.29 is 9.59 Å². The molecule has 1 aromatic rings. The van der Waals surface area contributed by atoms with E-state index in [1.807, 2.05) is 47.1 Å². The van der Waals surface area contributed by atoms with Crippen molar-refractivity contribution >= 4 is 11.8 Å². The zero-order valence-corrected chi connectivity index (χ0v) is 16.0. The van der Waals surface area contributed by atoms with Gasteiger partial charge < -0.3 is 15.1 Å². The van der Waals surface area contributed by atoms with Crippen LogP contribution in [-0.4, -0.2) is 59.9 Å². The Bertz CT molecular complexity index is 603. The molecule has 5 heteroatoms. The molecule has 26 heavy (non-hydrogen) atoms. The average molecular weight is 357 g/mol. The Morgan fingerprint density at radius 2 is 1.42 bits per heavy atom. The fraction of sp³-hybridized carbons (Fsp3) is 0.619. The van der Waals surface area contributed by atoms with Gasteiger partial charge in [0.05, 0.1) is 5.92 Å². The van der Waals surface area contributed by atoms with E-state index in [9.17, 15) is 9.59 Å². The Morgan fingerprint density at radius 1 is 0.923 bits per heavy atom. The van der Waals surface area contributed by atoms with E-state index in [2.05, 4.69) is 5.32 Å². The first-order chi connectivity index (χ1) is 12.5. The van der Waals surface area contributed by atoms with Crippen LogP contribution < -0.4 is 5.32 Å². The SMILES string of the molecule is CC(=O)N1CCC(NC2CCN(C(=O)[C@H](C)c3ccccc3)CC2)CC1. The molecule has 0 saturated carbocycles. The van der Waals surface area contributed by atoms with Crippen molar-refractivity contribution in [3.63, 3.8) is 0 Å². The second-order valence-corrected chi connectivity index (χ2v) is 7.68. The fourth-order valence-corrected chi connectivity index (χ4v) is 4.12. The monoisotopic (exact) mass is 357 g/mol. The van der Waals surface area contributed by atoms with Crippen molar-refractivity contribution in [2.45, 2.75) is 57.5 Å². The van der Waals surface area contributed by atoms with Crippen molar-refractivity contribution in [3.8, 4) is 0 Å². The van der Waals surface area contributed by atoms with Crippen LogP contribution in [-0.2, 0) is 9.59 Å². The standard InChI is InChI=1S/C21H31N3O2/c1-16(18-6-4-3-5-7-18)21(26)24-14-10-20(11-15-24)22-19-8-12-23(13-9-19)17(2)25/h3-7,16,19-20,22H,8-15H2,1-2H3/t16-/m1/s1. The lowest BCUT2D eigenvalue weighted by Crippen LogP contribution is -2.51. The molecule has 0 aliphatic carbocycles. The van der Waals surface area contributed by atoms with E-state index < -0.39 is 0 Å². The van der Waals surface area contributed by atoms with Gasteiger partial charge in [0.1, 0.15) is 0 Å². The van der Waals surface area contributed by atoms with Crippen LogP contribution in [0.15, 0.2) is 30.3 Å². The fourth-order valence-electron chi connectivity index (χ4n) is 4.12. The first-order valence-corrected chi connectivity index (χ1v) is 9.90. The largest absolute Gasteiger partial charge is 0.343 e. The van der Waals surface area contributed by atoms with Crippen LogP contribution in [0.3, 0.4) is 0 Å². The molecule has 2 heterocycles. The lowest BCUT2D eigenvalue weighted by atomic mass is 9.96. The molecular formula is C21H31N3O2. The number of carbonyl (C=O) groups excluding carboxylic acids is 2. The van der Waals surface area contributed by atoms with Gasteiger partial charge in [-0.05, 0) is 38.2 Å². The number of hydrogen-bond donors (Lipinski definition) is 1. The van der Waals surface area contributed by atoms with E-state index in [0.717, 1.165) is 57.4 Å². The Labute approximate surface area is 156 Å². The summed E-state index contributed by atoms with van der Waals surface area (Å²) in [5.41, 5.74) is 1.09. The molecule has 0 bridgehead atoms. The van der Waals surface area contributed by atoms with Gasteiger partial charge in [-0.1, -0.05) is 30.3 Å². The quantitative estimate of drug-likeness (QED) is 0.900. The molecule has 0 spiro atoms. The highest BCUT2D eigenvalue weighted by Crippen LogP contribution is 2.21. The lowest BCUT2D eigenvalue weighted by Gasteiger charge is -2.38. The molecule has 2 amide bonds. The Hall–Kier alpha value is -1.88. The predicted molar refractivity (Wildman–Crippen MR) is 103 cm³/mol. The predicted octanol–water partition coefficient (Wildman–Crippen LogP) is 2.38. The summed E-state index contributed by atoms with van der Waals surface area (Å²) in [5, 5.41) is 3.76. The first-order valence-electron chi connectivity index (χ1n) is 9.90. The van der Waals surface area contributed by atoms with Crippen LogP contribution in [0.1, 0.15) is 51.0 Å². The summed E-state index contributed by atoms with van der Waals surface area (Å²) in [6.45, 7) is 7.04. The lowest BCUT2D eigenvalue weighted by molar-refractivity contribution is -0.133. The number of benzene rings is 1. The molecule has 2 saturated heterocycles. The van der Waals surface area contributed by atoms with Gasteiger partial charge >= 0.3 is 0 Å². The van der Waals surface area contributed by atoms with Crippen LogP contribution in [0.25, 0.3) is 0 Å². The summed E-state index contributed by atoms with van der Waals surface area (Å²) in [4.78, 5) is 28.1. The third-order valence-electron chi connectivity index (χ3n) is 5.89. The van der Waals surface area contributed by atoms with Gasteiger partial charge in [0, 0.05) is 45.2 Å². The van der Waals surface area contributed by atoms with Crippen LogP contribution in [0.2, 0.25) is 0 Å². The summed E-state index contributed by atoms with van der Waals surface area (Å²) in [7, 11) is 0. The average Bonchev–Trinajstić information content (AvgIpc) is 2.68. The molecule has 2 aliphatic heterocycles. The van der Waals surface area contributed by atoms with Crippen LogP contribution in [0.4, 0.5) is 0 Å². The Balaban J connectivity index is 1.43. The number of likely N-dealkylation sites (tertiary alicyclic amines) is 2. The number of carbonyl (C=O) groups is 2. The normalized spacial score (nSPS) is 20.8. The van der Waals surface area contributed by atoms with E-state index in [0.29, 0.717) is 12.1 Å². The minimum absolute atomic E-state index is 0.0726. The van der Waals surface area contributed by atoms with Gasteiger partial charge in [0.15, 0.2) is 0 Å². The molecule has 3 rings (SSSR count). The minimum atomic E-state index is -0.0726. The van der Waals surface area contributed by atoms with Crippen molar-refractivity contribution in [1.29, 1.82) is 0 Å². The molecule has 1 aromatic carbocycles. The highest BCUT2D eigenvalue weighted by atomic mass is 16.2. The molecule has 1 N–H and O–H groups in total. The van der Waals surface area contributed by atoms with E-state index >= 15 is 0 Å². The maximum Gasteiger partial charge on any atom is 0.229 e. The Morgan fingerprint density at radius 3 is 1.92 bits per heavy atom. The molecule has 0 unspecified atom stereocenters. The number of nitrogens with one attached hydrogen (secondary N) is 1. The van der Waals surface area contributed by atoms with E-state index in [1.54, 1.807) is 6.92 Å². The highest BCUT2D eigenvalue weighted by Gasteiger charge is 2.28. The molecular weight excluding hydrogens is 326 g/mol. The third kappa shape index (κ3) is 4.64. The smallest absolute Gasteiger partial charge is 0.229 e. The van der Waals surface area contributed by atoms with Crippen molar-refractivity contribution in [3.05, 3.63) is 35.9 Å². The van der Waals surface area contributed by atoms with Gasteiger partial charge in [-0.3, -0.25) is 9.59 Å². The number of rotatable bonds is 4. The second-order valence-electron chi connectivity index (χ2n) is 7.68. The molecule has 0 aromatic heterocycles. The van der Waals surface area contributed by atoms with Gasteiger partial charge in [-0.25, -0.2) is 0 Å². The van der Waals surface area contributed by atoms with E-state index in [1.165, 1.54) is 0 Å². The molecule has 1 atom stereocenters. The summed E-state index contributed by atoms with van der Waals surface area (Å²) in [5.74, 6) is 0.351. The maximum atomic E-state index is 12.8. The molecule has 2 fully saturated rings. The maximum absolute atomic E-state index is 12.8. The van der Waals surface area contributed by atoms with Crippen molar-refractivity contribution in [2.24, 2.45) is 0 Å². The molecule has 2 aliphatic rings. The minimum Gasteiger partial charge on any atom is -0.343 e. The highest BCUT2D eigenvalue weighted by molar-refractivity contribution is 5.83. The first kappa shape index (κ1) is 18.9. The topological polar surface area (TPSA) is 52.7 Å². The molecule has 0 radical (unpaired) electrons. The summed E-state index contributed by atoms with van der Waals surface area (Å²) < 4.78 is 0. The zero-order chi connectivity index (χ0) is 18.5. The third-order valence-corrected chi connectivity index (χ3v) is 5.89. The molecule has 5 nitrogen and oxygen atoms in total.